The number of carboxylic acid groups (broad SMARTS) is 1. The smallest absolute Gasteiger partial charge is 0.305 e. The number of hydrogen-bond acceptors (Lipinski definition) is 9. The van der Waals surface area contributed by atoms with Gasteiger partial charge >= 0.3 is 5.97 Å². The van der Waals surface area contributed by atoms with Gasteiger partial charge in [0, 0.05) is 62.8 Å². The molecule has 2 unspecified atom stereocenters. The summed E-state index contributed by atoms with van der Waals surface area (Å²) in [5.41, 5.74) is 1.86. The molecule has 0 saturated carbocycles. The first-order valence-electron chi connectivity index (χ1n) is 13.7. The van der Waals surface area contributed by atoms with Crippen molar-refractivity contribution in [3.05, 3.63) is 41.6 Å². The number of ether oxygens (including phenoxy) is 5. The van der Waals surface area contributed by atoms with Gasteiger partial charge in [-0.25, -0.2) is 4.98 Å². The van der Waals surface area contributed by atoms with Gasteiger partial charge in [0.15, 0.2) is 0 Å². The summed E-state index contributed by atoms with van der Waals surface area (Å²) >= 11 is 6.42. The molecule has 40 heavy (non-hydrogen) atoms. The number of carbonyl (C=O) groups is 1. The Hall–Kier alpha value is -2.79. The summed E-state index contributed by atoms with van der Waals surface area (Å²) in [6.45, 7) is 7.51. The van der Waals surface area contributed by atoms with E-state index in [1.54, 1.807) is 20.4 Å². The van der Waals surface area contributed by atoms with E-state index in [1.807, 2.05) is 37.3 Å². The lowest BCUT2D eigenvalue weighted by Gasteiger charge is -2.38. The van der Waals surface area contributed by atoms with Gasteiger partial charge in [0.25, 0.3) is 0 Å². The zero-order valence-corrected chi connectivity index (χ0v) is 24.4. The van der Waals surface area contributed by atoms with Crippen LogP contribution in [0.1, 0.15) is 26.7 Å². The molecule has 220 valence electrons. The summed E-state index contributed by atoms with van der Waals surface area (Å²) in [5, 5.41) is 10.2. The number of anilines is 2. The molecule has 2 aliphatic heterocycles. The molecule has 0 spiro atoms. The molecule has 0 bridgehead atoms. The summed E-state index contributed by atoms with van der Waals surface area (Å²) in [7, 11) is 3.22. The molecule has 2 fully saturated rings. The van der Waals surface area contributed by atoms with Crippen molar-refractivity contribution in [3.8, 4) is 11.6 Å². The molecule has 2 saturated heterocycles. The van der Waals surface area contributed by atoms with E-state index in [2.05, 4.69) is 21.7 Å². The summed E-state index contributed by atoms with van der Waals surface area (Å²) in [6.07, 6.45) is 2.43. The number of rotatable bonds is 13. The first kappa shape index (κ1) is 30.2. The fourth-order valence-corrected chi connectivity index (χ4v) is 5.74. The number of piperidine rings is 1. The van der Waals surface area contributed by atoms with Gasteiger partial charge in [-0.15, -0.1) is 0 Å². The molecular weight excluding hydrogens is 538 g/mol. The number of aliphatic carboxylic acids is 1. The maximum atomic E-state index is 11.6. The number of hydrogen-bond donors (Lipinski definition) is 1. The summed E-state index contributed by atoms with van der Waals surface area (Å²) in [4.78, 5) is 20.2. The van der Waals surface area contributed by atoms with Gasteiger partial charge in [-0.05, 0) is 24.3 Å². The number of nitrogens with zero attached hydrogens (tertiary/aromatic N) is 3. The van der Waals surface area contributed by atoms with Gasteiger partial charge in [0.05, 0.1) is 49.8 Å². The quantitative estimate of drug-likeness (QED) is 0.273. The average Bonchev–Trinajstić information content (AvgIpc) is 3.24. The summed E-state index contributed by atoms with van der Waals surface area (Å²) < 4.78 is 28.1. The summed E-state index contributed by atoms with van der Waals surface area (Å²) in [6, 6.07) is 9.60. The van der Waals surface area contributed by atoms with Crippen molar-refractivity contribution in [2.45, 2.75) is 44.9 Å². The monoisotopic (exact) mass is 577 g/mol. The largest absolute Gasteiger partial charge is 0.490 e. The van der Waals surface area contributed by atoms with Crippen molar-refractivity contribution in [2.75, 3.05) is 63.7 Å². The molecule has 0 radical (unpaired) electrons. The van der Waals surface area contributed by atoms with Gasteiger partial charge < -0.3 is 38.6 Å². The number of aromatic nitrogens is 1. The highest BCUT2D eigenvalue weighted by Gasteiger charge is 2.41. The lowest BCUT2D eigenvalue weighted by atomic mass is 9.96. The van der Waals surface area contributed by atoms with E-state index in [9.17, 15) is 9.90 Å². The Labute approximate surface area is 241 Å². The molecule has 3 heterocycles. The van der Waals surface area contributed by atoms with Crippen LogP contribution >= 0.6 is 11.6 Å². The van der Waals surface area contributed by atoms with E-state index < -0.39 is 5.97 Å². The molecular formula is C29H40ClN3O7. The molecule has 0 aliphatic carbocycles. The molecule has 1 aromatic carbocycles. The number of carboxylic acids is 1. The van der Waals surface area contributed by atoms with Gasteiger partial charge in [0.1, 0.15) is 18.6 Å². The Morgan fingerprint density at radius 2 is 1.90 bits per heavy atom. The van der Waals surface area contributed by atoms with Crippen molar-refractivity contribution >= 4 is 28.9 Å². The van der Waals surface area contributed by atoms with Crippen LogP contribution in [0.3, 0.4) is 0 Å². The van der Waals surface area contributed by atoms with Crippen LogP contribution in [0.25, 0.3) is 0 Å². The highest BCUT2D eigenvalue weighted by Crippen LogP contribution is 2.36. The molecule has 10 nitrogen and oxygen atoms in total. The third kappa shape index (κ3) is 7.48. The molecule has 1 aromatic heterocycles. The Morgan fingerprint density at radius 1 is 1.12 bits per heavy atom. The maximum absolute atomic E-state index is 11.6. The SMILES string of the molecule is COCCOCO[C@H]1CN(c2ccc(OC3CCN(c4cc(OC)ncc4Cl)CC3C)cc2)[C@@H](CC(=O)O)[C@@H]1C. The Bertz CT molecular complexity index is 1110. The van der Waals surface area contributed by atoms with Crippen LogP contribution in [0.4, 0.5) is 11.4 Å². The topological polar surface area (TPSA) is 103 Å². The number of methoxy groups -OCH3 is 2. The minimum Gasteiger partial charge on any atom is -0.490 e. The van der Waals surface area contributed by atoms with E-state index in [0.29, 0.717) is 30.7 Å². The van der Waals surface area contributed by atoms with E-state index in [4.69, 9.17) is 35.3 Å². The number of benzene rings is 1. The lowest BCUT2D eigenvalue weighted by Crippen LogP contribution is -2.44. The lowest BCUT2D eigenvalue weighted by molar-refractivity contribution is -0.137. The van der Waals surface area contributed by atoms with E-state index in [1.165, 1.54) is 0 Å². The Morgan fingerprint density at radius 3 is 2.58 bits per heavy atom. The second-order valence-corrected chi connectivity index (χ2v) is 10.8. The minimum absolute atomic E-state index is 0.0259. The molecule has 4 rings (SSSR count). The zero-order valence-electron chi connectivity index (χ0n) is 23.6. The summed E-state index contributed by atoms with van der Waals surface area (Å²) in [5.74, 6) is 0.798. The van der Waals surface area contributed by atoms with E-state index in [-0.39, 0.29) is 43.3 Å². The predicted molar refractivity (Wildman–Crippen MR) is 153 cm³/mol. The molecule has 5 atom stereocenters. The van der Waals surface area contributed by atoms with Crippen molar-refractivity contribution in [2.24, 2.45) is 11.8 Å². The highest BCUT2D eigenvalue weighted by atomic mass is 35.5. The van der Waals surface area contributed by atoms with Gasteiger partial charge in [0.2, 0.25) is 5.88 Å². The fraction of sp³-hybridized carbons (Fsp3) is 0.586. The zero-order chi connectivity index (χ0) is 28.6. The van der Waals surface area contributed by atoms with E-state index >= 15 is 0 Å². The van der Waals surface area contributed by atoms with Crippen LogP contribution in [-0.2, 0) is 19.0 Å². The molecule has 0 amide bonds. The standard InChI is InChI=1S/C29H40ClN3O7/c1-19-16-32(25-13-28(37-4)31-15-23(25)30)10-9-26(19)40-22-7-5-21(6-8-22)33-17-27(39-18-38-12-11-36-3)20(2)24(33)14-29(34)35/h5-8,13,15,19-20,24,26-27H,9-12,14,16-18H2,1-4H3,(H,34,35)/t19?,20-,24-,26?,27-/m0/s1. The normalized spacial score (nSPS) is 24.8. The predicted octanol–water partition coefficient (Wildman–Crippen LogP) is 4.34. The van der Waals surface area contributed by atoms with Crippen molar-refractivity contribution < 1.29 is 33.6 Å². The van der Waals surface area contributed by atoms with Crippen LogP contribution in [0, 0.1) is 11.8 Å². The fourth-order valence-electron chi connectivity index (χ4n) is 5.51. The van der Waals surface area contributed by atoms with Gasteiger partial charge in [-0.2, -0.15) is 0 Å². The van der Waals surface area contributed by atoms with Crippen molar-refractivity contribution in [1.29, 1.82) is 0 Å². The van der Waals surface area contributed by atoms with Crippen LogP contribution in [-0.4, -0.2) is 88.2 Å². The third-order valence-corrected chi connectivity index (χ3v) is 8.08. The molecule has 1 N–H and O–H groups in total. The highest BCUT2D eigenvalue weighted by molar-refractivity contribution is 6.33. The van der Waals surface area contributed by atoms with Crippen molar-refractivity contribution in [1.82, 2.24) is 4.98 Å². The first-order valence-corrected chi connectivity index (χ1v) is 14.1. The first-order chi connectivity index (χ1) is 19.3. The number of pyridine rings is 1. The van der Waals surface area contributed by atoms with Crippen molar-refractivity contribution in [3.63, 3.8) is 0 Å². The van der Waals surface area contributed by atoms with Crippen LogP contribution in [0.15, 0.2) is 36.5 Å². The molecule has 2 aliphatic rings. The maximum Gasteiger partial charge on any atom is 0.305 e. The Balaban J connectivity index is 1.36. The van der Waals surface area contributed by atoms with E-state index in [0.717, 1.165) is 36.6 Å². The number of halogens is 1. The van der Waals surface area contributed by atoms with Crippen LogP contribution in [0.2, 0.25) is 5.02 Å². The van der Waals surface area contributed by atoms with Gasteiger partial charge in [-0.1, -0.05) is 25.4 Å². The third-order valence-electron chi connectivity index (χ3n) is 7.79. The molecule has 11 heteroatoms. The van der Waals surface area contributed by atoms with Crippen LogP contribution < -0.4 is 19.3 Å². The molecule has 2 aromatic rings. The minimum atomic E-state index is -0.828. The van der Waals surface area contributed by atoms with Crippen LogP contribution in [0.5, 0.6) is 11.6 Å². The average molecular weight is 578 g/mol. The van der Waals surface area contributed by atoms with Gasteiger partial charge in [-0.3, -0.25) is 4.79 Å². The Kier molecular flexibility index (Phi) is 10.7. The second-order valence-electron chi connectivity index (χ2n) is 10.4. The second kappa shape index (κ2) is 14.2.